The third-order valence-corrected chi connectivity index (χ3v) is 10.7. The SMILES string of the molecule is Cc1ccc(CN(C(=O)CN(c2cccc(C)c2C)S(=O)(=O)c2ccccc2)C(Cc2ccccc2)C(=O)NC2CCCC2)cc1. The topological polar surface area (TPSA) is 86.8 Å². The standard InChI is InChI=1S/C38H43N3O4S/c1-28-21-23-32(24-22-28)26-40(36(25-31-14-6-4-7-15-31)38(43)39-33-16-10-11-17-33)37(42)27-41(35-20-12-13-29(2)30(35)3)46(44,45)34-18-8-5-9-19-34/h4-9,12-15,18-24,33,36H,10-11,16-17,25-27H2,1-3H3,(H,39,43). The van der Waals surface area contributed by atoms with Gasteiger partial charge in [0, 0.05) is 19.0 Å². The van der Waals surface area contributed by atoms with Gasteiger partial charge in [-0.05, 0) is 74.1 Å². The van der Waals surface area contributed by atoms with Crippen LogP contribution in [-0.2, 0) is 32.6 Å². The zero-order chi connectivity index (χ0) is 32.7. The van der Waals surface area contributed by atoms with Crippen LogP contribution in [0.5, 0.6) is 0 Å². The minimum atomic E-state index is -4.14. The van der Waals surface area contributed by atoms with Gasteiger partial charge < -0.3 is 10.2 Å². The Morgan fingerprint density at radius 2 is 1.41 bits per heavy atom. The van der Waals surface area contributed by atoms with Crippen LogP contribution in [0.15, 0.2) is 108 Å². The Bertz CT molecular complexity index is 1740. The second-order valence-corrected chi connectivity index (χ2v) is 14.1. The largest absolute Gasteiger partial charge is 0.352 e. The Hall–Kier alpha value is -4.43. The van der Waals surface area contributed by atoms with Gasteiger partial charge in [0.1, 0.15) is 12.6 Å². The average molecular weight is 638 g/mol. The number of nitrogens with one attached hydrogen (secondary N) is 1. The summed E-state index contributed by atoms with van der Waals surface area (Å²) in [5, 5.41) is 3.22. The summed E-state index contributed by atoms with van der Waals surface area (Å²) in [6, 6.07) is 30.3. The highest BCUT2D eigenvalue weighted by Crippen LogP contribution is 2.29. The van der Waals surface area contributed by atoms with Gasteiger partial charge in [0.25, 0.3) is 10.0 Å². The van der Waals surface area contributed by atoms with Gasteiger partial charge in [-0.3, -0.25) is 13.9 Å². The Balaban J connectivity index is 1.58. The third kappa shape index (κ3) is 7.85. The molecule has 0 bridgehead atoms. The lowest BCUT2D eigenvalue weighted by Crippen LogP contribution is -2.54. The maximum Gasteiger partial charge on any atom is 0.264 e. The number of aryl methyl sites for hydroxylation is 2. The molecule has 5 rings (SSSR count). The molecule has 240 valence electrons. The van der Waals surface area contributed by atoms with E-state index in [1.54, 1.807) is 35.2 Å². The predicted octanol–water partition coefficient (Wildman–Crippen LogP) is 6.51. The van der Waals surface area contributed by atoms with Gasteiger partial charge in [0.05, 0.1) is 10.6 Å². The molecule has 0 spiro atoms. The number of anilines is 1. The summed E-state index contributed by atoms with van der Waals surface area (Å²) < 4.78 is 29.7. The van der Waals surface area contributed by atoms with Crippen LogP contribution in [0.3, 0.4) is 0 Å². The number of rotatable bonds is 12. The first kappa shape index (κ1) is 32.9. The van der Waals surface area contributed by atoms with Gasteiger partial charge in [0.2, 0.25) is 11.8 Å². The number of nitrogens with zero attached hydrogens (tertiary/aromatic N) is 2. The molecule has 4 aromatic rings. The lowest BCUT2D eigenvalue weighted by Gasteiger charge is -2.34. The van der Waals surface area contributed by atoms with Crippen LogP contribution in [-0.4, -0.2) is 43.8 Å². The van der Waals surface area contributed by atoms with E-state index in [0.717, 1.165) is 53.5 Å². The number of amides is 2. The molecule has 0 aromatic heterocycles. The molecule has 4 aromatic carbocycles. The van der Waals surface area contributed by atoms with Crippen molar-refractivity contribution in [2.75, 3.05) is 10.8 Å². The molecule has 46 heavy (non-hydrogen) atoms. The lowest BCUT2D eigenvalue weighted by molar-refractivity contribution is -0.140. The van der Waals surface area contributed by atoms with Crippen molar-refractivity contribution < 1.29 is 18.0 Å². The van der Waals surface area contributed by atoms with E-state index in [9.17, 15) is 18.0 Å². The van der Waals surface area contributed by atoms with Crippen LogP contribution in [0.1, 0.15) is 53.5 Å². The highest BCUT2D eigenvalue weighted by atomic mass is 32.2. The first-order valence-corrected chi connectivity index (χ1v) is 17.4. The highest BCUT2D eigenvalue weighted by molar-refractivity contribution is 7.92. The minimum absolute atomic E-state index is 0.0620. The van der Waals surface area contributed by atoms with Crippen LogP contribution < -0.4 is 9.62 Å². The molecule has 1 unspecified atom stereocenters. The molecule has 1 fully saturated rings. The van der Waals surface area contributed by atoms with Crippen molar-refractivity contribution in [1.29, 1.82) is 0 Å². The van der Waals surface area contributed by atoms with Crippen LogP contribution in [0, 0.1) is 20.8 Å². The van der Waals surface area contributed by atoms with Crippen LogP contribution >= 0.6 is 0 Å². The monoisotopic (exact) mass is 637 g/mol. The van der Waals surface area contributed by atoms with Crippen molar-refractivity contribution in [2.45, 2.75) is 76.4 Å². The van der Waals surface area contributed by atoms with Crippen LogP contribution in [0.25, 0.3) is 0 Å². The summed E-state index contributed by atoms with van der Waals surface area (Å²) in [7, 11) is -4.14. The number of carbonyl (C=O) groups is 2. The lowest BCUT2D eigenvalue weighted by atomic mass is 10.0. The summed E-state index contributed by atoms with van der Waals surface area (Å²) >= 11 is 0. The summed E-state index contributed by atoms with van der Waals surface area (Å²) in [6.07, 6.45) is 4.23. The highest BCUT2D eigenvalue weighted by Gasteiger charge is 2.36. The number of sulfonamides is 1. The van der Waals surface area contributed by atoms with Crippen LogP contribution in [0.2, 0.25) is 0 Å². The van der Waals surface area contributed by atoms with Gasteiger partial charge in [-0.2, -0.15) is 0 Å². The Labute approximate surface area is 273 Å². The van der Waals surface area contributed by atoms with Crippen molar-refractivity contribution in [3.05, 3.63) is 131 Å². The quantitative estimate of drug-likeness (QED) is 0.192. The fraction of sp³-hybridized carbons (Fsp3) is 0.316. The predicted molar refractivity (Wildman–Crippen MR) is 183 cm³/mol. The van der Waals surface area contributed by atoms with Crippen molar-refractivity contribution >= 4 is 27.5 Å². The number of carbonyl (C=O) groups excluding carboxylic acids is 2. The first-order chi connectivity index (χ1) is 22.1. The molecule has 7 nitrogen and oxygen atoms in total. The van der Waals surface area contributed by atoms with E-state index < -0.39 is 28.5 Å². The molecule has 1 saturated carbocycles. The van der Waals surface area contributed by atoms with E-state index in [4.69, 9.17) is 0 Å². The Kier molecular flexibility index (Phi) is 10.6. The molecule has 2 amide bonds. The average Bonchev–Trinajstić information content (AvgIpc) is 3.57. The zero-order valence-electron chi connectivity index (χ0n) is 26.9. The summed E-state index contributed by atoms with van der Waals surface area (Å²) in [5.41, 5.74) is 4.96. The summed E-state index contributed by atoms with van der Waals surface area (Å²) in [4.78, 5) is 30.5. The number of benzene rings is 4. The van der Waals surface area contributed by atoms with E-state index in [1.165, 1.54) is 16.4 Å². The molecule has 1 aliphatic rings. The Morgan fingerprint density at radius 1 is 0.783 bits per heavy atom. The van der Waals surface area contributed by atoms with Crippen molar-refractivity contribution in [3.63, 3.8) is 0 Å². The smallest absolute Gasteiger partial charge is 0.264 e. The van der Waals surface area contributed by atoms with E-state index in [2.05, 4.69) is 5.32 Å². The summed E-state index contributed by atoms with van der Waals surface area (Å²) in [6.45, 7) is 5.47. The Morgan fingerprint density at radius 3 is 2.07 bits per heavy atom. The van der Waals surface area contributed by atoms with Crippen molar-refractivity contribution in [2.24, 2.45) is 0 Å². The fourth-order valence-electron chi connectivity index (χ4n) is 6.05. The van der Waals surface area contributed by atoms with Crippen molar-refractivity contribution in [3.8, 4) is 0 Å². The molecule has 8 heteroatoms. The van der Waals surface area contributed by atoms with Gasteiger partial charge >= 0.3 is 0 Å². The molecular formula is C38H43N3O4S. The van der Waals surface area contributed by atoms with Crippen molar-refractivity contribution in [1.82, 2.24) is 10.2 Å². The van der Waals surface area contributed by atoms with Crippen LogP contribution in [0.4, 0.5) is 5.69 Å². The third-order valence-electron chi connectivity index (χ3n) is 8.90. The summed E-state index contributed by atoms with van der Waals surface area (Å²) in [5.74, 6) is -0.677. The maximum absolute atomic E-state index is 14.7. The molecule has 1 atom stereocenters. The molecular weight excluding hydrogens is 595 g/mol. The molecule has 0 radical (unpaired) electrons. The fourth-order valence-corrected chi connectivity index (χ4v) is 7.54. The van der Waals surface area contributed by atoms with Gasteiger partial charge in [-0.15, -0.1) is 0 Å². The first-order valence-electron chi connectivity index (χ1n) is 16.0. The number of hydrogen-bond acceptors (Lipinski definition) is 4. The second kappa shape index (κ2) is 14.8. The molecule has 0 saturated heterocycles. The normalized spacial score (nSPS) is 14.1. The number of hydrogen-bond donors (Lipinski definition) is 1. The van der Waals surface area contributed by atoms with E-state index in [0.29, 0.717) is 12.1 Å². The molecule has 1 aliphatic carbocycles. The van der Waals surface area contributed by atoms with Gasteiger partial charge in [-0.25, -0.2) is 8.42 Å². The molecule has 0 heterocycles. The zero-order valence-corrected chi connectivity index (χ0v) is 27.7. The van der Waals surface area contributed by atoms with E-state index in [1.807, 2.05) is 81.4 Å². The molecule has 0 aliphatic heterocycles. The minimum Gasteiger partial charge on any atom is -0.352 e. The van der Waals surface area contributed by atoms with Gasteiger partial charge in [-0.1, -0.05) is 103 Å². The van der Waals surface area contributed by atoms with Gasteiger partial charge in [0.15, 0.2) is 0 Å². The second-order valence-electron chi connectivity index (χ2n) is 12.2. The van der Waals surface area contributed by atoms with E-state index in [-0.39, 0.29) is 23.4 Å². The maximum atomic E-state index is 14.7. The molecule has 1 N–H and O–H groups in total. The van der Waals surface area contributed by atoms with E-state index >= 15 is 0 Å².